The van der Waals surface area contributed by atoms with Gasteiger partial charge < -0.3 is 62.7 Å². The molecule has 0 saturated carbocycles. The molecule has 1 aliphatic rings. The fourth-order valence-electron chi connectivity index (χ4n) is 8.03. The van der Waals surface area contributed by atoms with Gasteiger partial charge in [0.25, 0.3) is 5.91 Å². The van der Waals surface area contributed by atoms with Gasteiger partial charge in [0.1, 0.15) is 49.2 Å². The van der Waals surface area contributed by atoms with Crippen LogP contribution in [-0.2, 0) is 35.8 Å². The van der Waals surface area contributed by atoms with Crippen LogP contribution in [0, 0.1) is 11.3 Å². The van der Waals surface area contributed by atoms with Crippen molar-refractivity contribution in [2.45, 2.75) is 103 Å². The molecule has 72 heavy (non-hydrogen) atoms. The minimum Gasteiger partial charge on any atom is -0.492 e. The normalized spacial score (nSPS) is 16.8. The van der Waals surface area contributed by atoms with Gasteiger partial charge in [-0.05, 0) is 106 Å². The first-order valence-electron chi connectivity index (χ1n) is 23.8. The van der Waals surface area contributed by atoms with Crippen LogP contribution in [0.3, 0.4) is 0 Å². The number of ether oxygens (including phenoxy) is 3. The van der Waals surface area contributed by atoms with Crippen molar-refractivity contribution in [1.82, 2.24) is 26.2 Å². The maximum atomic E-state index is 15.0. The van der Waals surface area contributed by atoms with Crippen LogP contribution in [0.4, 0.5) is 0 Å². The number of aliphatic hydroxyl groups is 1. The number of nitrogens with two attached hydrogens (primary N) is 3. The molecule has 1 aliphatic heterocycles. The van der Waals surface area contributed by atoms with Crippen molar-refractivity contribution in [2.24, 2.45) is 22.2 Å². The van der Waals surface area contributed by atoms with Crippen LogP contribution < -0.4 is 52.7 Å². The van der Waals surface area contributed by atoms with E-state index >= 15 is 0 Å². The Kier molecular flexibility index (Phi) is 21.0. The summed E-state index contributed by atoms with van der Waals surface area (Å²) in [6.45, 7) is 16.8. The quantitative estimate of drug-likeness (QED) is 0.0350. The number of carbonyl (C=O) groups excluding carboxylic acids is 5. The minimum atomic E-state index is -1.53. The molecule has 0 aliphatic carbocycles. The smallest absolute Gasteiger partial charge is 0.253 e. The van der Waals surface area contributed by atoms with Crippen LogP contribution in [0.5, 0.6) is 17.2 Å². The number of rotatable bonds is 20. The van der Waals surface area contributed by atoms with Gasteiger partial charge in [0, 0.05) is 31.1 Å². The van der Waals surface area contributed by atoms with Crippen molar-refractivity contribution in [3.8, 4) is 34.4 Å². The fraction of sp³-hybridized carbons (Fsp3) is 0.453. The number of nitriles is 1. The number of nitrogens with zero attached hydrogens (tertiary/aromatic N) is 3. The fourth-order valence-corrected chi connectivity index (χ4v) is 8.03. The number of hydrogen-bond donors (Lipinski definition) is 8. The van der Waals surface area contributed by atoms with Gasteiger partial charge in [-0.15, -0.1) is 0 Å². The number of allylic oxidation sites excluding steroid dienone is 1. The number of nitrogens with one attached hydrogen (secondary N) is 4. The number of carbonyl (C=O) groups is 5. The summed E-state index contributed by atoms with van der Waals surface area (Å²) >= 11 is 0. The first-order chi connectivity index (χ1) is 34.1. The second-order valence-corrected chi connectivity index (χ2v) is 18.8. The third-order valence-corrected chi connectivity index (χ3v) is 11.9. The highest BCUT2D eigenvalue weighted by molar-refractivity contribution is 6.22. The maximum Gasteiger partial charge on any atom is 0.253 e. The number of likely N-dealkylation sites (N-methyl/N-ethyl adjacent to an activating group) is 1. The lowest BCUT2D eigenvalue weighted by Crippen LogP contribution is -2.56. The molecular weight excluding hydrogens is 921 g/mol. The molecule has 3 aromatic carbocycles. The van der Waals surface area contributed by atoms with E-state index in [1.807, 2.05) is 30.3 Å². The summed E-state index contributed by atoms with van der Waals surface area (Å²) < 4.78 is 18.4. The Labute approximate surface area is 422 Å². The summed E-state index contributed by atoms with van der Waals surface area (Å²) in [5, 5.41) is 30.5. The van der Waals surface area contributed by atoms with Gasteiger partial charge in [-0.1, -0.05) is 63.3 Å². The summed E-state index contributed by atoms with van der Waals surface area (Å²) in [6.07, 6.45) is -0.720. The molecule has 388 valence electrons. The van der Waals surface area contributed by atoms with Gasteiger partial charge in [-0.3, -0.25) is 29.0 Å². The Morgan fingerprint density at radius 3 is 2.26 bits per heavy atom. The summed E-state index contributed by atoms with van der Waals surface area (Å²) in [7, 11) is 2.81. The second-order valence-electron chi connectivity index (χ2n) is 18.8. The third kappa shape index (κ3) is 15.0. The molecule has 0 spiro atoms. The lowest BCUT2D eigenvalue weighted by Gasteiger charge is -2.33. The van der Waals surface area contributed by atoms with Crippen LogP contribution in [0.1, 0.15) is 89.6 Å². The van der Waals surface area contributed by atoms with E-state index in [9.17, 15) is 34.3 Å². The predicted octanol–water partition coefficient (Wildman–Crippen LogP) is 3.07. The van der Waals surface area contributed by atoms with Gasteiger partial charge in [-0.25, -0.2) is 0 Å². The van der Waals surface area contributed by atoms with E-state index in [2.05, 4.69) is 48.6 Å². The first kappa shape index (κ1) is 57.5. The van der Waals surface area contributed by atoms with Crippen LogP contribution in [0.2, 0.25) is 0 Å². The molecule has 4 bridgehead atoms. The Morgan fingerprint density at radius 2 is 1.67 bits per heavy atom. The lowest BCUT2D eigenvalue weighted by atomic mass is 9.86. The monoisotopic (exact) mass is 993 g/mol. The number of benzene rings is 3. The van der Waals surface area contributed by atoms with E-state index in [1.165, 1.54) is 21.1 Å². The average molecular weight is 993 g/mol. The van der Waals surface area contributed by atoms with E-state index in [4.69, 9.17) is 36.4 Å². The molecule has 19 nitrogen and oxygen atoms in total. The zero-order chi connectivity index (χ0) is 53.4. The number of aliphatic hydroxyl groups excluding tert-OH is 1. The SMILES string of the molecule is C=C(/N=C(/C)C(C(=O)N[C@@H](CCN)C(=O)N(C)C1C(=O)N[C@@H](C)C(=O)NC(C(=O)NCC#N)Cc2ccc(OC[C@H](O)CN)c(c2)-c2cc1cc(OCCCN)c2OC)=C(C)C)c1ccc(C(C)(C)C)cc1. The van der Waals surface area contributed by atoms with Crippen LogP contribution >= 0.6 is 0 Å². The minimum absolute atomic E-state index is 0.0376. The molecule has 0 aromatic heterocycles. The van der Waals surface area contributed by atoms with Crippen LogP contribution in [0.15, 0.2) is 77.3 Å². The van der Waals surface area contributed by atoms with Gasteiger partial charge in [0.15, 0.2) is 11.5 Å². The summed E-state index contributed by atoms with van der Waals surface area (Å²) in [5.41, 5.74) is 22.5. The standard InChI is InChI=1S/C53H72N10O9/c1-30(2)45(32(4)59-31(3)35-13-15-37(16-14-35)53(6,7)8)50(67)61-41(18-20-55)52(69)63(9)46-36-26-40(47(70-10)44(27-36)71-23-11-19-54)39-24-34(12-17-43(39)72-29-38(64)28-57)25-42(49(66)58-22-21-56)62-48(65)33(5)60-51(46)68/h12-17,24,26-27,33,38,41-42,46,64H,3,11,18-20,22-23,25,28-29,54-55,57H2,1-2,4-10H3,(H,58,66)(H,60,68)(H,61,67)(H,62,65)/b59-32-/t33-,38+,41-,42?,46?/m0/s1. The van der Waals surface area contributed by atoms with E-state index in [0.717, 1.165) is 16.0 Å². The molecule has 0 radical (unpaired) electrons. The van der Waals surface area contributed by atoms with Gasteiger partial charge >= 0.3 is 0 Å². The molecule has 3 aromatic rings. The average Bonchev–Trinajstić information content (AvgIpc) is 3.33. The van der Waals surface area contributed by atoms with Gasteiger partial charge in [-0.2, -0.15) is 5.26 Å². The molecule has 2 unspecified atom stereocenters. The predicted molar refractivity (Wildman–Crippen MR) is 277 cm³/mol. The molecule has 0 fully saturated rings. The van der Waals surface area contributed by atoms with E-state index in [0.29, 0.717) is 40.1 Å². The van der Waals surface area contributed by atoms with Crippen LogP contribution in [0.25, 0.3) is 16.8 Å². The Bertz CT molecular complexity index is 2560. The zero-order valence-electron chi connectivity index (χ0n) is 42.9. The second kappa shape index (κ2) is 26.4. The summed E-state index contributed by atoms with van der Waals surface area (Å²) in [6, 6.07) is 12.6. The van der Waals surface area contributed by atoms with Crippen molar-refractivity contribution in [2.75, 3.05) is 53.6 Å². The molecule has 1 heterocycles. The number of hydrogen-bond acceptors (Lipinski definition) is 14. The summed E-state index contributed by atoms with van der Waals surface area (Å²) in [5.74, 6) is -2.97. The Hall–Kier alpha value is -7.11. The van der Waals surface area contributed by atoms with Gasteiger partial charge in [0.05, 0.1) is 36.8 Å². The topological polar surface area (TPSA) is 299 Å². The molecule has 11 N–H and O–H groups in total. The van der Waals surface area contributed by atoms with Crippen molar-refractivity contribution >= 4 is 40.9 Å². The molecule has 5 amide bonds. The number of aliphatic imine (C=N–C) groups is 1. The molecule has 5 atom stereocenters. The highest BCUT2D eigenvalue weighted by atomic mass is 16.5. The lowest BCUT2D eigenvalue weighted by molar-refractivity contribution is -0.142. The van der Waals surface area contributed by atoms with E-state index in [-0.39, 0.29) is 86.0 Å². The molecule has 4 rings (SSSR count). The number of amides is 5. The maximum absolute atomic E-state index is 15.0. The summed E-state index contributed by atoms with van der Waals surface area (Å²) in [4.78, 5) is 77.5. The highest BCUT2D eigenvalue weighted by Gasteiger charge is 2.37. The zero-order valence-corrected chi connectivity index (χ0v) is 42.9. The number of fused-ring (bicyclic) bond motifs is 5. The Balaban J connectivity index is 1.91. The van der Waals surface area contributed by atoms with Crippen LogP contribution in [-0.4, -0.2) is 123 Å². The highest BCUT2D eigenvalue weighted by Crippen LogP contribution is 2.45. The Morgan fingerprint density at radius 1 is 0.972 bits per heavy atom. The van der Waals surface area contributed by atoms with E-state index < -0.39 is 59.8 Å². The van der Waals surface area contributed by atoms with Gasteiger partial charge in [0.2, 0.25) is 23.6 Å². The third-order valence-electron chi connectivity index (χ3n) is 11.9. The van der Waals surface area contributed by atoms with Crippen molar-refractivity contribution in [1.29, 1.82) is 5.26 Å². The van der Waals surface area contributed by atoms with Crippen molar-refractivity contribution in [3.63, 3.8) is 0 Å². The first-order valence-corrected chi connectivity index (χ1v) is 23.8. The van der Waals surface area contributed by atoms with Crippen molar-refractivity contribution in [3.05, 3.63) is 94.6 Å². The molecule has 19 heteroatoms. The number of methoxy groups -OCH3 is 1. The van der Waals surface area contributed by atoms with E-state index in [1.54, 1.807) is 51.1 Å². The van der Waals surface area contributed by atoms with Crippen molar-refractivity contribution < 1.29 is 43.3 Å². The molecular formula is C53H72N10O9. The molecule has 0 saturated heterocycles. The largest absolute Gasteiger partial charge is 0.492 e.